The minimum atomic E-state index is -0.307. The van der Waals surface area contributed by atoms with Crippen LogP contribution in [-0.4, -0.2) is 23.0 Å². The zero-order chi connectivity index (χ0) is 14.4. The van der Waals surface area contributed by atoms with Crippen LogP contribution in [0.2, 0.25) is 0 Å². The number of nitrogens with one attached hydrogen (secondary N) is 1. The van der Waals surface area contributed by atoms with Gasteiger partial charge >= 0.3 is 6.03 Å². The molecule has 1 aromatic rings. The molecule has 0 aliphatic rings. The first-order chi connectivity index (χ1) is 8.99. The summed E-state index contributed by atoms with van der Waals surface area (Å²) in [6.07, 6.45) is 1.81. The van der Waals surface area contributed by atoms with Gasteiger partial charge in [-0.1, -0.05) is 13.8 Å². The predicted octanol–water partition coefficient (Wildman–Crippen LogP) is 4.26. The van der Waals surface area contributed by atoms with E-state index in [0.29, 0.717) is 5.69 Å². The molecule has 0 heterocycles. The molecule has 0 aliphatic carbocycles. The van der Waals surface area contributed by atoms with Crippen molar-refractivity contribution in [2.24, 2.45) is 0 Å². The van der Waals surface area contributed by atoms with Gasteiger partial charge in [0.1, 0.15) is 5.82 Å². The van der Waals surface area contributed by atoms with Gasteiger partial charge in [0.05, 0.1) is 0 Å². The summed E-state index contributed by atoms with van der Waals surface area (Å²) < 4.78 is 12.8. The molecule has 19 heavy (non-hydrogen) atoms. The van der Waals surface area contributed by atoms with Crippen LogP contribution < -0.4 is 5.32 Å². The number of hydrogen-bond donors (Lipinski definition) is 1. The number of halogens is 1. The number of hydrogen-bond acceptors (Lipinski definition) is 1. The highest BCUT2D eigenvalue weighted by atomic mass is 19.1. The van der Waals surface area contributed by atoms with Gasteiger partial charge in [-0.3, -0.25) is 0 Å². The van der Waals surface area contributed by atoms with E-state index in [1.54, 1.807) is 12.1 Å². The molecule has 0 radical (unpaired) electrons. The summed E-state index contributed by atoms with van der Waals surface area (Å²) in [6.45, 7) is 8.20. The molecular weight excluding hydrogens is 243 g/mol. The minimum Gasteiger partial charge on any atom is -0.319 e. The lowest BCUT2D eigenvalue weighted by Crippen LogP contribution is -2.46. The first-order valence-corrected chi connectivity index (χ1v) is 6.84. The number of rotatable bonds is 5. The van der Waals surface area contributed by atoms with E-state index in [4.69, 9.17) is 0 Å². The standard InChI is InChI=1S/C15H23FN2O/c1-5-11(3)18(12(4)6-2)15(19)17-14-9-7-13(16)8-10-14/h7-12H,5-6H2,1-4H3,(H,17,19)/t11-,12-/m0/s1. The van der Waals surface area contributed by atoms with Crippen LogP contribution in [0.4, 0.5) is 14.9 Å². The zero-order valence-electron chi connectivity index (χ0n) is 12.1. The van der Waals surface area contributed by atoms with Crippen LogP contribution in [0.15, 0.2) is 24.3 Å². The number of amides is 2. The van der Waals surface area contributed by atoms with Crippen molar-refractivity contribution in [3.8, 4) is 0 Å². The summed E-state index contributed by atoms with van der Waals surface area (Å²) in [5, 5.41) is 2.82. The van der Waals surface area contributed by atoms with Crippen molar-refractivity contribution in [1.82, 2.24) is 4.90 Å². The first-order valence-electron chi connectivity index (χ1n) is 6.84. The normalized spacial score (nSPS) is 13.7. The highest BCUT2D eigenvalue weighted by Gasteiger charge is 2.23. The van der Waals surface area contributed by atoms with Crippen molar-refractivity contribution in [2.75, 3.05) is 5.32 Å². The predicted molar refractivity (Wildman–Crippen MR) is 76.8 cm³/mol. The Hall–Kier alpha value is -1.58. The Labute approximate surface area is 114 Å². The second-order valence-corrected chi connectivity index (χ2v) is 4.86. The fraction of sp³-hybridized carbons (Fsp3) is 0.533. The number of urea groups is 1. The zero-order valence-corrected chi connectivity index (χ0v) is 12.1. The maximum absolute atomic E-state index is 12.8. The average Bonchev–Trinajstić information content (AvgIpc) is 2.41. The summed E-state index contributed by atoms with van der Waals surface area (Å²) >= 11 is 0. The van der Waals surface area contributed by atoms with Crippen LogP contribution in [0, 0.1) is 5.82 Å². The molecule has 2 amide bonds. The van der Waals surface area contributed by atoms with Gasteiger partial charge in [-0.2, -0.15) is 0 Å². The van der Waals surface area contributed by atoms with Crippen LogP contribution >= 0.6 is 0 Å². The molecule has 0 spiro atoms. The van der Waals surface area contributed by atoms with Crippen molar-refractivity contribution >= 4 is 11.7 Å². The van der Waals surface area contributed by atoms with E-state index in [1.807, 2.05) is 18.7 Å². The van der Waals surface area contributed by atoms with Crippen molar-refractivity contribution in [1.29, 1.82) is 0 Å². The molecule has 0 unspecified atom stereocenters. The summed E-state index contributed by atoms with van der Waals surface area (Å²) in [5.74, 6) is -0.307. The quantitative estimate of drug-likeness (QED) is 0.848. The Balaban J connectivity index is 2.79. The van der Waals surface area contributed by atoms with Crippen LogP contribution in [0.5, 0.6) is 0 Å². The summed E-state index contributed by atoms with van der Waals surface area (Å²) in [4.78, 5) is 14.2. The molecule has 4 heteroatoms. The first kappa shape index (κ1) is 15.5. The van der Waals surface area contributed by atoms with E-state index in [9.17, 15) is 9.18 Å². The van der Waals surface area contributed by atoms with E-state index < -0.39 is 0 Å². The summed E-state index contributed by atoms with van der Waals surface area (Å²) in [6, 6.07) is 6.04. The molecule has 0 saturated carbocycles. The van der Waals surface area contributed by atoms with E-state index >= 15 is 0 Å². The maximum atomic E-state index is 12.8. The fourth-order valence-corrected chi connectivity index (χ4v) is 1.95. The highest BCUT2D eigenvalue weighted by molar-refractivity contribution is 5.89. The molecule has 0 fully saturated rings. The molecule has 1 rings (SSSR count). The largest absolute Gasteiger partial charge is 0.322 e. The van der Waals surface area contributed by atoms with Crippen molar-refractivity contribution < 1.29 is 9.18 Å². The Morgan fingerprint density at radius 3 is 2.05 bits per heavy atom. The second kappa shape index (κ2) is 7.12. The third kappa shape index (κ3) is 4.23. The SMILES string of the molecule is CC[C@H](C)N(C(=O)Nc1ccc(F)cc1)[C@@H](C)CC. The molecule has 0 saturated heterocycles. The van der Waals surface area contributed by atoms with Crippen LogP contribution in [0.25, 0.3) is 0 Å². The van der Waals surface area contributed by atoms with Gasteiger partial charge in [0, 0.05) is 17.8 Å². The second-order valence-electron chi connectivity index (χ2n) is 4.86. The third-order valence-corrected chi connectivity index (χ3v) is 3.46. The molecule has 106 valence electrons. The molecule has 1 N–H and O–H groups in total. The maximum Gasteiger partial charge on any atom is 0.322 e. The van der Waals surface area contributed by atoms with Gasteiger partial charge < -0.3 is 10.2 Å². The third-order valence-electron chi connectivity index (χ3n) is 3.46. The molecule has 0 aliphatic heterocycles. The topological polar surface area (TPSA) is 32.3 Å². The van der Waals surface area contributed by atoms with E-state index in [1.165, 1.54) is 12.1 Å². The van der Waals surface area contributed by atoms with Gasteiger partial charge in [-0.15, -0.1) is 0 Å². The summed E-state index contributed by atoms with van der Waals surface area (Å²) in [7, 11) is 0. The molecule has 0 aromatic heterocycles. The van der Waals surface area contributed by atoms with E-state index in [0.717, 1.165) is 12.8 Å². The smallest absolute Gasteiger partial charge is 0.319 e. The Morgan fingerprint density at radius 1 is 1.16 bits per heavy atom. The molecule has 0 bridgehead atoms. The lowest BCUT2D eigenvalue weighted by atomic mass is 10.1. The number of carbonyl (C=O) groups excluding carboxylic acids is 1. The lowest BCUT2D eigenvalue weighted by molar-refractivity contribution is 0.163. The molecular formula is C15H23FN2O. The average molecular weight is 266 g/mol. The lowest BCUT2D eigenvalue weighted by Gasteiger charge is -2.33. The van der Waals surface area contributed by atoms with Crippen molar-refractivity contribution in [2.45, 2.75) is 52.6 Å². The Kier molecular flexibility index (Phi) is 5.80. The van der Waals surface area contributed by atoms with Crippen LogP contribution in [0.1, 0.15) is 40.5 Å². The van der Waals surface area contributed by atoms with Crippen molar-refractivity contribution in [3.63, 3.8) is 0 Å². The highest BCUT2D eigenvalue weighted by Crippen LogP contribution is 2.15. The van der Waals surface area contributed by atoms with Crippen molar-refractivity contribution in [3.05, 3.63) is 30.1 Å². The van der Waals surface area contributed by atoms with Gasteiger partial charge in [0.2, 0.25) is 0 Å². The number of carbonyl (C=O) groups is 1. The Bertz CT molecular complexity index is 395. The van der Waals surface area contributed by atoms with Gasteiger partial charge in [-0.25, -0.2) is 9.18 Å². The van der Waals surface area contributed by atoms with Gasteiger partial charge in [-0.05, 0) is 51.0 Å². The number of anilines is 1. The summed E-state index contributed by atoms with van der Waals surface area (Å²) in [5.41, 5.74) is 0.614. The fourth-order valence-electron chi connectivity index (χ4n) is 1.95. The minimum absolute atomic E-state index is 0.129. The number of benzene rings is 1. The van der Waals surface area contributed by atoms with Gasteiger partial charge in [0.25, 0.3) is 0 Å². The van der Waals surface area contributed by atoms with E-state index in [-0.39, 0.29) is 23.9 Å². The number of nitrogens with zero attached hydrogens (tertiary/aromatic N) is 1. The van der Waals surface area contributed by atoms with Crippen LogP contribution in [-0.2, 0) is 0 Å². The monoisotopic (exact) mass is 266 g/mol. The van der Waals surface area contributed by atoms with Gasteiger partial charge in [0.15, 0.2) is 0 Å². The Morgan fingerprint density at radius 2 is 1.63 bits per heavy atom. The van der Waals surface area contributed by atoms with Crippen LogP contribution in [0.3, 0.4) is 0 Å². The molecule has 2 atom stereocenters. The molecule has 1 aromatic carbocycles. The van der Waals surface area contributed by atoms with E-state index in [2.05, 4.69) is 19.2 Å². The molecule has 3 nitrogen and oxygen atoms in total.